The molecule has 33 heavy (non-hydrogen) atoms. The first-order valence-corrected chi connectivity index (χ1v) is 12.0. The normalized spacial score (nSPS) is 14.1. The molecule has 5 rings (SSSR count). The number of benzene rings is 2. The van der Waals surface area contributed by atoms with Gasteiger partial charge >= 0.3 is 0 Å². The molecule has 4 aromatic rings. The highest BCUT2D eigenvalue weighted by Crippen LogP contribution is 2.32. The number of rotatable bonds is 6. The number of para-hydroxylation sites is 1. The van der Waals surface area contributed by atoms with Gasteiger partial charge in [-0.05, 0) is 43.2 Å². The smallest absolute Gasteiger partial charge is 0.262 e. The van der Waals surface area contributed by atoms with Crippen molar-refractivity contribution < 1.29 is 4.79 Å². The maximum atomic E-state index is 13.3. The Morgan fingerprint density at radius 2 is 2.00 bits per heavy atom. The lowest BCUT2D eigenvalue weighted by molar-refractivity contribution is -0.113. The zero-order valence-electron chi connectivity index (χ0n) is 17.6. The Kier molecular flexibility index (Phi) is 6.15. The zero-order valence-corrected chi connectivity index (χ0v) is 19.2. The number of halogens is 1. The number of fused-ring (bicyclic) bond motifs is 1. The average molecular weight is 481 g/mol. The number of carbonyl (C=O) groups is 1. The van der Waals surface area contributed by atoms with Crippen LogP contribution >= 0.6 is 23.4 Å². The van der Waals surface area contributed by atoms with Crippen molar-refractivity contribution in [3.63, 3.8) is 0 Å². The Morgan fingerprint density at radius 1 is 1.18 bits per heavy atom. The molecule has 1 fully saturated rings. The molecule has 2 aromatic carbocycles. The van der Waals surface area contributed by atoms with Gasteiger partial charge in [0.15, 0.2) is 5.16 Å². The van der Waals surface area contributed by atoms with Crippen LogP contribution in [-0.2, 0) is 4.79 Å². The third-order valence-corrected chi connectivity index (χ3v) is 6.88. The second kappa shape index (κ2) is 9.36. The predicted octanol–water partition coefficient (Wildman–Crippen LogP) is 4.48. The van der Waals surface area contributed by atoms with E-state index in [1.807, 2.05) is 24.3 Å². The second-order valence-corrected chi connectivity index (χ2v) is 9.24. The van der Waals surface area contributed by atoms with E-state index in [-0.39, 0.29) is 23.3 Å². The maximum absolute atomic E-state index is 13.3. The van der Waals surface area contributed by atoms with Gasteiger partial charge in [0.05, 0.1) is 28.0 Å². The van der Waals surface area contributed by atoms with Crippen LogP contribution < -0.4 is 10.9 Å². The minimum atomic E-state index is -0.232. The van der Waals surface area contributed by atoms with Crippen LogP contribution in [0.15, 0.2) is 65.1 Å². The molecule has 8 nitrogen and oxygen atoms in total. The summed E-state index contributed by atoms with van der Waals surface area (Å²) in [5.41, 5.74) is 1.78. The molecule has 0 radical (unpaired) electrons. The molecular weight excluding hydrogens is 460 g/mol. The molecule has 0 saturated heterocycles. The molecule has 2 heterocycles. The van der Waals surface area contributed by atoms with Gasteiger partial charge in [0.25, 0.3) is 5.56 Å². The number of carbonyl (C=O) groups excluding carboxylic acids is 1. The molecule has 1 amide bonds. The lowest BCUT2D eigenvalue weighted by Gasteiger charge is -2.18. The highest BCUT2D eigenvalue weighted by Gasteiger charge is 2.23. The maximum Gasteiger partial charge on any atom is 0.262 e. The van der Waals surface area contributed by atoms with E-state index in [9.17, 15) is 9.59 Å². The van der Waals surface area contributed by atoms with E-state index < -0.39 is 0 Å². The molecule has 0 unspecified atom stereocenters. The molecule has 1 aliphatic rings. The summed E-state index contributed by atoms with van der Waals surface area (Å²) in [5, 5.41) is 8.70. The number of hydrogen-bond acceptors (Lipinski definition) is 6. The van der Waals surface area contributed by atoms with Gasteiger partial charge in [0.2, 0.25) is 5.91 Å². The van der Waals surface area contributed by atoms with Crippen LogP contribution in [0, 0.1) is 0 Å². The van der Waals surface area contributed by atoms with Crippen LogP contribution in [0.1, 0.15) is 31.7 Å². The van der Waals surface area contributed by atoms with Crippen LogP contribution in [-0.4, -0.2) is 36.0 Å². The Labute approximate surface area is 199 Å². The van der Waals surface area contributed by atoms with Crippen LogP contribution in [0.3, 0.4) is 0 Å². The first kappa shape index (κ1) is 21.7. The number of hydrogen-bond donors (Lipinski definition) is 1. The van der Waals surface area contributed by atoms with Gasteiger partial charge in [-0.1, -0.05) is 48.3 Å². The fourth-order valence-corrected chi connectivity index (χ4v) is 5.21. The van der Waals surface area contributed by atoms with Crippen molar-refractivity contribution in [1.82, 2.24) is 24.3 Å². The molecule has 1 saturated carbocycles. The van der Waals surface area contributed by atoms with Crippen LogP contribution in [0.5, 0.6) is 0 Å². The second-order valence-electron chi connectivity index (χ2n) is 7.86. The fourth-order valence-electron chi connectivity index (χ4n) is 4.17. The predicted molar refractivity (Wildman–Crippen MR) is 129 cm³/mol. The Bertz CT molecular complexity index is 1370. The number of aromatic nitrogens is 5. The van der Waals surface area contributed by atoms with Gasteiger partial charge < -0.3 is 5.32 Å². The highest BCUT2D eigenvalue weighted by atomic mass is 35.5. The third kappa shape index (κ3) is 4.51. The van der Waals surface area contributed by atoms with Crippen LogP contribution in [0.25, 0.3) is 16.6 Å². The van der Waals surface area contributed by atoms with Crippen LogP contribution in [0.2, 0.25) is 5.02 Å². The number of thioether (sulfide) groups is 1. The standard InChI is InChI=1S/C23H21ClN6O2S/c24-15-9-10-20(29-14-25-13-26-29)19(11-15)27-21(31)12-33-23-28-18-8-4-3-7-17(18)22(32)30(23)16-5-1-2-6-16/h3-4,7-11,13-14,16H,1-2,5-6,12H2,(H,27,31). The molecule has 168 valence electrons. The van der Waals surface area contributed by atoms with Crippen molar-refractivity contribution in [2.75, 3.05) is 11.1 Å². The van der Waals surface area contributed by atoms with Crippen molar-refractivity contribution in [1.29, 1.82) is 0 Å². The molecule has 0 spiro atoms. The number of anilines is 1. The minimum absolute atomic E-state index is 0.0429. The van der Waals surface area contributed by atoms with E-state index in [2.05, 4.69) is 15.4 Å². The lowest BCUT2D eigenvalue weighted by Crippen LogP contribution is -2.27. The largest absolute Gasteiger partial charge is 0.323 e. The van der Waals surface area contributed by atoms with Gasteiger partial charge in [-0.25, -0.2) is 14.6 Å². The minimum Gasteiger partial charge on any atom is -0.323 e. The van der Waals surface area contributed by atoms with Crippen molar-refractivity contribution >= 4 is 45.9 Å². The van der Waals surface area contributed by atoms with Gasteiger partial charge in [0.1, 0.15) is 12.7 Å². The summed E-state index contributed by atoms with van der Waals surface area (Å²) in [5.74, 6) is -0.134. The fraction of sp³-hybridized carbons (Fsp3) is 0.261. The van der Waals surface area contributed by atoms with Gasteiger partial charge in [-0.2, -0.15) is 5.10 Å². The van der Waals surface area contributed by atoms with Gasteiger partial charge in [0, 0.05) is 11.1 Å². The van der Waals surface area contributed by atoms with Gasteiger partial charge in [-0.15, -0.1) is 0 Å². The molecule has 1 N–H and O–H groups in total. The SMILES string of the molecule is O=C(CSc1nc2ccccc2c(=O)n1C1CCCC1)Nc1cc(Cl)ccc1-n1cncn1. The van der Waals surface area contributed by atoms with E-state index in [1.165, 1.54) is 18.1 Å². The van der Waals surface area contributed by atoms with Crippen molar-refractivity contribution in [2.45, 2.75) is 36.9 Å². The number of amides is 1. The molecular formula is C23H21ClN6O2S. The van der Waals surface area contributed by atoms with E-state index >= 15 is 0 Å². The number of nitrogens with zero attached hydrogens (tertiary/aromatic N) is 5. The average Bonchev–Trinajstić information content (AvgIpc) is 3.53. The third-order valence-electron chi connectivity index (χ3n) is 5.70. The van der Waals surface area contributed by atoms with E-state index in [0.717, 1.165) is 25.7 Å². The summed E-state index contributed by atoms with van der Waals surface area (Å²) >= 11 is 7.42. The molecule has 2 aromatic heterocycles. The molecule has 10 heteroatoms. The Morgan fingerprint density at radius 3 is 2.79 bits per heavy atom. The Balaban J connectivity index is 1.40. The van der Waals surface area contributed by atoms with E-state index in [4.69, 9.17) is 16.6 Å². The van der Waals surface area contributed by atoms with E-state index in [1.54, 1.807) is 33.8 Å². The first-order valence-electron chi connectivity index (χ1n) is 10.7. The topological polar surface area (TPSA) is 94.7 Å². The molecule has 0 aliphatic heterocycles. The summed E-state index contributed by atoms with van der Waals surface area (Å²) in [6.45, 7) is 0. The summed E-state index contributed by atoms with van der Waals surface area (Å²) < 4.78 is 3.34. The Hall–Kier alpha value is -3.17. The monoisotopic (exact) mass is 480 g/mol. The van der Waals surface area contributed by atoms with Crippen molar-refractivity contribution in [3.8, 4) is 5.69 Å². The molecule has 1 aliphatic carbocycles. The van der Waals surface area contributed by atoms with Crippen LogP contribution in [0.4, 0.5) is 5.69 Å². The summed E-state index contributed by atoms with van der Waals surface area (Å²) in [6, 6.07) is 12.6. The quantitative estimate of drug-likeness (QED) is 0.323. The van der Waals surface area contributed by atoms with Gasteiger partial charge in [-0.3, -0.25) is 14.2 Å². The summed E-state index contributed by atoms with van der Waals surface area (Å²) in [6.07, 6.45) is 7.05. The molecule has 0 bridgehead atoms. The van der Waals surface area contributed by atoms with E-state index in [0.29, 0.717) is 32.5 Å². The van der Waals surface area contributed by atoms with Crippen molar-refractivity contribution in [3.05, 3.63) is 70.5 Å². The zero-order chi connectivity index (χ0) is 22.8. The first-order chi connectivity index (χ1) is 16.1. The number of nitrogens with one attached hydrogen (secondary N) is 1. The summed E-state index contributed by atoms with van der Waals surface area (Å²) in [7, 11) is 0. The molecule has 0 atom stereocenters. The summed E-state index contributed by atoms with van der Waals surface area (Å²) in [4.78, 5) is 34.8. The lowest BCUT2D eigenvalue weighted by atomic mass is 10.2. The van der Waals surface area contributed by atoms with Crippen molar-refractivity contribution in [2.24, 2.45) is 0 Å². The highest BCUT2D eigenvalue weighted by molar-refractivity contribution is 7.99.